The molecule has 22 heavy (non-hydrogen) atoms. The molecule has 0 bridgehead atoms. The molecule has 2 nitrogen and oxygen atoms in total. The van der Waals surface area contributed by atoms with Crippen LogP contribution in [-0.2, 0) is 0 Å². The molecule has 0 saturated carbocycles. The predicted molar refractivity (Wildman–Crippen MR) is 89.8 cm³/mol. The summed E-state index contributed by atoms with van der Waals surface area (Å²) in [7, 11) is 0. The van der Waals surface area contributed by atoms with E-state index in [9.17, 15) is 9.59 Å². The van der Waals surface area contributed by atoms with E-state index in [-0.39, 0.29) is 11.6 Å². The molecule has 2 heterocycles. The molecule has 0 spiro atoms. The fraction of sp³-hybridized carbons (Fsp3) is 0.111. The lowest BCUT2D eigenvalue weighted by Gasteiger charge is -2.00. The van der Waals surface area contributed by atoms with Crippen molar-refractivity contribution >= 4 is 35.1 Å². The van der Waals surface area contributed by atoms with Crippen molar-refractivity contribution in [1.82, 2.24) is 0 Å². The normalized spacial score (nSPS) is 19.5. The average Bonchev–Trinajstić information content (AvgIpc) is 2.99. The summed E-state index contributed by atoms with van der Waals surface area (Å²) in [4.78, 5) is 28.5. The topological polar surface area (TPSA) is 34.1 Å². The molecular formula is C18H12O2S2. The molecule has 0 aromatic heterocycles. The quantitative estimate of drug-likeness (QED) is 0.652. The van der Waals surface area contributed by atoms with E-state index in [1.807, 2.05) is 50.2 Å². The minimum absolute atomic E-state index is 0.0144. The Morgan fingerprint density at radius 1 is 0.682 bits per heavy atom. The number of ketones is 2. The number of hydrogen-bond acceptors (Lipinski definition) is 4. The first-order valence-electron chi connectivity index (χ1n) is 6.96. The monoisotopic (exact) mass is 324 g/mol. The van der Waals surface area contributed by atoms with Crippen molar-refractivity contribution in [3.05, 3.63) is 68.5 Å². The highest BCUT2D eigenvalue weighted by Gasteiger charge is 2.37. The summed E-state index contributed by atoms with van der Waals surface area (Å²) in [6.07, 6.45) is 0. The lowest BCUT2D eigenvalue weighted by Crippen LogP contribution is -2.04. The molecule has 0 radical (unpaired) electrons. The van der Waals surface area contributed by atoms with Crippen LogP contribution in [0.15, 0.2) is 56.0 Å². The standard InChI is InChI=1S/C18H12O2S2/c1-9-5-3-7-11-13(9)15(19)17(21-11)18-16(20)14-10(2)6-4-8-12(14)22-18/h3-8H,1-2H3/b18-17+. The van der Waals surface area contributed by atoms with Crippen LogP contribution < -0.4 is 0 Å². The molecule has 4 heteroatoms. The summed E-state index contributed by atoms with van der Waals surface area (Å²) in [6.45, 7) is 3.88. The van der Waals surface area contributed by atoms with Crippen LogP contribution in [0.1, 0.15) is 31.8 Å². The highest BCUT2D eigenvalue weighted by Crippen LogP contribution is 2.50. The van der Waals surface area contributed by atoms with Crippen molar-refractivity contribution in [3.8, 4) is 0 Å². The van der Waals surface area contributed by atoms with Crippen LogP contribution in [-0.4, -0.2) is 11.6 Å². The number of Topliss-reactive ketones (excluding diaryl/α,β-unsaturated/α-hetero) is 2. The SMILES string of the molecule is Cc1cccc2c1C(=O)/C(=C1\Sc3cccc(C)c3C1=O)S2. The first-order chi connectivity index (χ1) is 10.6. The van der Waals surface area contributed by atoms with Crippen molar-refractivity contribution in [3.63, 3.8) is 0 Å². The fourth-order valence-corrected chi connectivity index (χ4v) is 5.33. The molecule has 2 aromatic carbocycles. The van der Waals surface area contributed by atoms with Crippen molar-refractivity contribution in [2.75, 3.05) is 0 Å². The Bertz CT molecular complexity index is 820. The number of carbonyl (C=O) groups excluding carboxylic acids is 2. The zero-order chi connectivity index (χ0) is 15.4. The van der Waals surface area contributed by atoms with E-state index in [0.29, 0.717) is 9.81 Å². The Morgan fingerprint density at radius 3 is 1.45 bits per heavy atom. The van der Waals surface area contributed by atoms with Crippen molar-refractivity contribution in [2.45, 2.75) is 23.6 Å². The van der Waals surface area contributed by atoms with Crippen LogP contribution >= 0.6 is 23.5 Å². The minimum Gasteiger partial charge on any atom is -0.288 e. The molecule has 108 valence electrons. The van der Waals surface area contributed by atoms with E-state index >= 15 is 0 Å². The molecule has 0 aliphatic carbocycles. The molecule has 2 aliphatic heterocycles. The molecule has 0 saturated heterocycles. The molecule has 4 rings (SSSR count). The summed E-state index contributed by atoms with van der Waals surface area (Å²) in [5, 5.41) is 0. The number of benzene rings is 2. The van der Waals surface area contributed by atoms with Crippen molar-refractivity contribution < 1.29 is 9.59 Å². The maximum Gasteiger partial charge on any atom is 0.202 e. The number of allylic oxidation sites excluding steroid dienone is 2. The first-order valence-corrected chi connectivity index (χ1v) is 8.60. The first kappa shape index (κ1) is 13.9. The van der Waals surface area contributed by atoms with Crippen LogP contribution in [0.5, 0.6) is 0 Å². The number of fused-ring (bicyclic) bond motifs is 2. The van der Waals surface area contributed by atoms with Crippen LogP contribution in [0.4, 0.5) is 0 Å². The van der Waals surface area contributed by atoms with Gasteiger partial charge in [0, 0.05) is 20.9 Å². The van der Waals surface area contributed by atoms with Gasteiger partial charge < -0.3 is 0 Å². The van der Waals surface area contributed by atoms with Gasteiger partial charge in [-0.2, -0.15) is 0 Å². The summed E-state index contributed by atoms with van der Waals surface area (Å²) in [6, 6.07) is 11.7. The Morgan fingerprint density at radius 2 is 1.09 bits per heavy atom. The number of aryl methyl sites for hydroxylation is 2. The Balaban J connectivity index is 1.87. The van der Waals surface area contributed by atoms with Crippen LogP contribution in [0, 0.1) is 13.8 Å². The Kier molecular flexibility index (Phi) is 3.06. The van der Waals surface area contributed by atoms with Gasteiger partial charge in [0.25, 0.3) is 0 Å². The van der Waals surface area contributed by atoms with E-state index in [1.54, 1.807) is 0 Å². The van der Waals surface area contributed by atoms with Crippen LogP contribution in [0.3, 0.4) is 0 Å². The second-order valence-corrected chi connectivity index (χ2v) is 7.52. The molecule has 0 atom stereocenters. The summed E-state index contributed by atoms with van der Waals surface area (Å²) in [5.74, 6) is -0.0289. The van der Waals surface area contributed by atoms with Gasteiger partial charge in [-0.05, 0) is 37.1 Å². The minimum atomic E-state index is -0.0144. The third-order valence-corrected chi connectivity index (χ3v) is 6.40. The third kappa shape index (κ3) is 1.84. The highest BCUT2D eigenvalue weighted by molar-refractivity contribution is 8.08. The van der Waals surface area contributed by atoms with Crippen LogP contribution in [0.2, 0.25) is 0 Å². The van der Waals surface area contributed by atoms with Gasteiger partial charge in [0.2, 0.25) is 11.6 Å². The molecule has 0 fully saturated rings. The molecule has 0 unspecified atom stereocenters. The molecular weight excluding hydrogens is 312 g/mol. The molecule has 0 N–H and O–H groups in total. The molecule has 2 aliphatic rings. The van der Waals surface area contributed by atoms with Gasteiger partial charge in [-0.25, -0.2) is 0 Å². The molecule has 0 amide bonds. The van der Waals surface area contributed by atoms with Gasteiger partial charge >= 0.3 is 0 Å². The maximum absolute atomic E-state index is 12.7. The predicted octanol–water partition coefficient (Wildman–Crippen LogP) is 4.79. The number of rotatable bonds is 0. The van der Waals surface area contributed by atoms with Crippen molar-refractivity contribution in [2.24, 2.45) is 0 Å². The van der Waals surface area contributed by atoms with E-state index < -0.39 is 0 Å². The van der Waals surface area contributed by atoms with Gasteiger partial charge in [-0.1, -0.05) is 47.8 Å². The lowest BCUT2D eigenvalue weighted by atomic mass is 10.0. The summed E-state index contributed by atoms with van der Waals surface area (Å²) in [5.41, 5.74) is 3.43. The second kappa shape index (κ2) is 4.86. The second-order valence-electron chi connectivity index (χ2n) is 5.42. The Hall–Kier alpha value is -1.78. The van der Waals surface area contributed by atoms with Crippen LogP contribution in [0.25, 0.3) is 0 Å². The average molecular weight is 324 g/mol. The number of carbonyl (C=O) groups is 2. The lowest BCUT2D eigenvalue weighted by molar-refractivity contribution is 0.101. The van der Waals surface area contributed by atoms with Gasteiger partial charge in [-0.15, -0.1) is 0 Å². The highest BCUT2D eigenvalue weighted by atomic mass is 32.2. The van der Waals surface area contributed by atoms with E-state index in [0.717, 1.165) is 32.0 Å². The largest absolute Gasteiger partial charge is 0.288 e. The third-order valence-electron chi connectivity index (χ3n) is 3.97. The van der Waals surface area contributed by atoms with Gasteiger partial charge in [-0.3, -0.25) is 9.59 Å². The Labute approximate surface area is 137 Å². The number of thioether (sulfide) groups is 2. The fourth-order valence-electron chi connectivity index (χ4n) is 2.87. The van der Waals surface area contributed by atoms with Gasteiger partial charge in [0.1, 0.15) is 0 Å². The van der Waals surface area contributed by atoms with Gasteiger partial charge in [0.05, 0.1) is 9.81 Å². The maximum atomic E-state index is 12.7. The smallest absolute Gasteiger partial charge is 0.202 e. The molecule has 2 aromatic rings. The van der Waals surface area contributed by atoms with E-state index in [4.69, 9.17) is 0 Å². The van der Waals surface area contributed by atoms with E-state index in [2.05, 4.69) is 0 Å². The summed E-state index contributed by atoms with van der Waals surface area (Å²) >= 11 is 2.85. The summed E-state index contributed by atoms with van der Waals surface area (Å²) < 4.78 is 0. The van der Waals surface area contributed by atoms with Gasteiger partial charge in [0.15, 0.2) is 0 Å². The zero-order valence-corrected chi connectivity index (χ0v) is 13.7. The number of hydrogen-bond donors (Lipinski definition) is 0. The van der Waals surface area contributed by atoms with Crippen molar-refractivity contribution in [1.29, 1.82) is 0 Å². The van der Waals surface area contributed by atoms with E-state index in [1.165, 1.54) is 23.5 Å². The zero-order valence-electron chi connectivity index (χ0n) is 12.1.